The van der Waals surface area contributed by atoms with E-state index in [1.54, 1.807) is 5.70 Å². The van der Waals surface area contributed by atoms with Crippen LogP contribution in [0.5, 0.6) is 0 Å². The van der Waals surface area contributed by atoms with Crippen molar-refractivity contribution in [2.24, 2.45) is 0 Å². The smallest absolute Gasteiger partial charge is 0.132 e. The number of carbonyl (C=O) groups excluding carboxylic acids is 1. The SMILES string of the molecule is C1=C(N2CCCC2)CCCCCCCC1.C1CCNC1.C[N+]1(C2CCCCCCCCC2)CCCC1.O=C1CCCCCCCCC1. The number of Topliss-reactive ketones (excluding diaryl/α,β-unsaturated/α-hetero) is 1. The van der Waals surface area contributed by atoms with Gasteiger partial charge in [0.2, 0.25) is 0 Å². The highest BCUT2D eigenvalue weighted by atomic mass is 16.1. The van der Waals surface area contributed by atoms with E-state index in [0.717, 1.165) is 31.7 Å². The first kappa shape index (κ1) is 40.6. The van der Waals surface area contributed by atoms with Crippen molar-refractivity contribution < 1.29 is 9.28 Å². The lowest BCUT2D eigenvalue weighted by molar-refractivity contribution is -0.923. The maximum absolute atomic E-state index is 11.1. The summed E-state index contributed by atoms with van der Waals surface area (Å²) >= 11 is 0. The first-order valence-corrected chi connectivity index (χ1v) is 21.7. The van der Waals surface area contributed by atoms with E-state index in [4.69, 9.17) is 0 Å². The van der Waals surface area contributed by atoms with Crippen LogP contribution in [0.15, 0.2) is 11.8 Å². The molecule has 0 aromatic rings. The van der Waals surface area contributed by atoms with Crippen LogP contribution in [-0.4, -0.2) is 67.5 Å². The van der Waals surface area contributed by atoms with E-state index in [-0.39, 0.29) is 0 Å². The van der Waals surface area contributed by atoms with E-state index in [9.17, 15) is 4.79 Å². The van der Waals surface area contributed by atoms with Crippen LogP contribution in [0.3, 0.4) is 0 Å². The molecular formula is C43H82N3O+. The molecule has 1 N–H and O–H groups in total. The fourth-order valence-corrected chi connectivity index (χ4v) is 8.93. The van der Waals surface area contributed by atoms with Crippen molar-refractivity contribution in [2.75, 3.05) is 46.3 Å². The highest BCUT2D eigenvalue weighted by Crippen LogP contribution is 2.29. The molecule has 2 saturated carbocycles. The molecule has 0 aromatic heterocycles. The van der Waals surface area contributed by atoms with Crippen LogP contribution >= 0.6 is 0 Å². The van der Waals surface area contributed by atoms with Gasteiger partial charge in [0.05, 0.1) is 26.2 Å². The van der Waals surface area contributed by atoms with Gasteiger partial charge in [-0.15, -0.1) is 0 Å². The van der Waals surface area contributed by atoms with E-state index in [1.807, 2.05) is 0 Å². The monoisotopic (exact) mass is 657 g/mol. The number of allylic oxidation sites excluding steroid dienone is 2. The van der Waals surface area contributed by atoms with Gasteiger partial charge < -0.3 is 14.7 Å². The summed E-state index contributed by atoms with van der Waals surface area (Å²) in [5.41, 5.74) is 1.68. The van der Waals surface area contributed by atoms with E-state index in [2.05, 4.69) is 23.3 Å². The largest absolute Gasteiger partial charge is 0.375 e. The summed E-state index contributed by atoms with van der Waals surface area (Å²) in [5.74, 6) is 0.493. The number of hydrogen-bond acceptors (Lipinski definition) is 3. The van der Waals surface area contributed by atoms with Crippen LogP contribution in [0.25, 0.3) is 0 Å². The third kappa shape index (κ3) is 19.2. The quantitative estimate of drug-likeness (QED) is 0.300. The van der Waals surface area contributed by atoms with Gasteiger partial charge in [-0.1, -0.05) is 96.0 Å². The fraction of sp³-hybridized carbons (Fsp3) is 0.930. The Balaban J connectivity index is 0.000000180. The predicted molar refractivity (Wildman–Crippen MR) is 205 cm³/mol. The Morgan fingerprint density at radius 3 is 1.47 bits per heavy atom. The number of carbonyl (C=O) groups is 1. The molecule has 3 aliphatic heterocycles. The van der Waals surface area contributed by atoms with Crippen LogP contribution in [0.4, 0.5) is 0 Å². The predicted octanol–water partition coefficient (Wildman–Crippen LogP) is 11.7. The van der Waals surface area contributed by atoms with Crippen molar-refractivity contribution in [3.05, 3.63) is 11.8 Å². The molecule has 0 radical (unpaired) electrons. The minimum atomic E-state index is 0.493. The molecule has 3 saturated heterocycles. The average molecular weight is 657 g/mol. The first-order chi connectivity index (χ1) is 23.2. The summed E-state index contributed by atoms with van der Waals surface area (Å²) in [5, 5.41) is 3.22. The molecule has 274 valence electrons. The molecule has 0 unspecified atom stereocenters. The van der Waals surface area contributed by atoms with Gasteiger partial charge in [0.25, 0.3) is 0 Å². The maximum Gasteiger partial charge on any atom is 0.132 e. The standard InChI is InChI=1S/C15H30N.C14H25N.C10H18O.C4H9N/c1-16(13-9-10-14-16)15-11-7-5-3-2-4-6-8-12-15;1-2-4-6-10-14(11-7-5-3-1)15-12-8-9-13-15;11-10-8-6-4-2-1-3-5-7-9-10;1-2-4-5-3-1/h15H,2-14H2,1H3;10H,1-9,11-13H2;1-9H2;5H,1-4H2/q+1;;;. The molecule has 3 heterocycles. The molecule has 0 bridgehead atoms. The lowest BCUT2D eigenvalue weighted by atomic mass is 9.95. The summed E-state index contributed by atoms with van der Waals surface area (Å²) in [4.78, 5) is 13.7. The molecular weight excluding hydrogens is 574 g/mol. The molecule has 4 nitrogen and oxygen atoms in total. The molecule has 0 atom stereocenters. The number of rotatable bonds is 2. The van der Waals surface area contributed by atoms with Crippen molar-refractivity contribution in [3.63, 3.8) is 0 Å². The minimum absolute atomic E-state index is 0.493. The third-order valence-electron chi connectivity index (χ3n) is 12.2. The van der Waals surface area contributed by atoms with Gasteiger partial charge in [0.15, 0.2) is 0 Å². The Hall–Kier alpha value is -0.870. The molecule has 0 amide bonds. The summed E-state index contributed by atoms with van der Waals surface area (Å²) < 4.78 is 1.42. The number of ketones is 1. The van der Waals surface area contributed by atoms with E-state index >= 15 is 0 Å². The van der Waals surface area contributed by atoms with Crippen LogP contribution < -0.4 is 5.32 Å². The summed E-state index contributed by atoms with van der Waals surface area (Å²) in [7, 11) is 2.53. The molecule has 47 heavy (non-hydrogen) atoms. The molecule has 5 fully saturated rings. The lowest BCUT2D eigenvalue weighted by Crippen LogP contribution is -2.49. The van der Waals surface area contributed by atoms with Gasteiger partial charge in [-0.3, -0.25) is 4.79 Å². The maximum atomic E-state index is 11.1. The van der Waals surface area contributed by atoms with Crippen molar-refractivity contribution >= 4 is 5.78 Å². The van der Waals surface area contributed by atoms with Gasteiger partial charge >= 0.3 is 0 Å². The molecule has 4 heteroatoms. The van der Waals surface area contributed by atoms with Crippen LogP contribution in [0, 0.1) is 0 Å². The molecule has 6 rings (SSSR count). The van der Waals surface area contributed by atoms with Crippen LogP contribution in [-0.2, 0) is 4.79 Å². The topological polar surface area (TPSA) is 32.3 Å². The number of nitrogens with one attached hydrogen (secondary N) is 1. The van der Waals surface area contributed by atoms with Crippen LogP contribution in [0.2, 0.25) is 0 Å². The molecule has 0 spiro atoms. The molecule has 6 aliphatic rings. The summed E-state index contributed by atoms with van der Waals surface area (Å²) in [6, 6.07) is 1.00. The van der Waals surface area contributed by atoms with E-state index in [1.165, 1.54) is 224 Å². The molecule has 3 aliphatic carbocycles. The minimum Gasteiger partial charge on any atom is -0.375 e. The normalized spacial score (nSPS) is 25.9. The van der Waals surface area contributed by atoms with E-state index in [0.29, 0.717) is 5.78 Å². The van der Waals surface area contributed by atoms with Gasteiger partial charge in [0.1, 0.15) is 5.78 Å². The highest BCUT2D eigenvalue weighted by molar-refractivity contribution is 5.78. The van der Waals surface area contributed by atoms with Gasteiger partial charge in [-0.05, 0) is 103 Å². The Kier molecular flexibility index (Phi) is 23.2. The fourth-order valence-electron chi connectivity index (χ4n) is 8.93. The number of quaternary nitrogens is 1. The van der Waals surface area contributed by atoms with E-state index < -0.39 is 0 Å². The average Bonchev–Trinajstić information content (AvgIpc) is 3.92. The zero-order valence-electron chi connectivity index (χ0n) is 31.8. The van der Waals surface area contributed by atoms with Gasteiger partial charge in [0, 0.05) is 44.5 Å². The van der Waals surface area contributed by atoms with Crippen LogP contribution in [0.1, 0.15) is 205 Å². The van der Waals surface area contributed by atoms with Crippen molar-refractivity contribution in [1.29, 1.82) is 0 Å². The zero-order chi connectivity index (χ0) is 33.1. The second kappa shape index (κ2) is 26.9. The highest BCUT2D eigenvalue weighted by Gasteiger charge is 2.34. The van der Waals surface area contributed by atoms with Gasteiger partial charge in [-0.2, -0.15) is 0 Å². The number of likely N-dealkylation sites (tertiary alicyclic amines) is 2. The number of nitrogens with zero attached hydrogens (tertiary/aromatic N) is 2. The summed E-state index contributed by atoms with van der Waals surface area (Å²) in [6.07, 6.45) is 46.5. The Morgan fingerprint density at radius 2 is 0.979 bits per heavy atom. The summed E-state index contributed by atoms with van der Waals surface area (Å²) in [6.45, 7) is 8.08. The van der Waals surface area contributed by atoms with Crippen molar-refractivity contribution in [1.82, 2.24) is 10.2 Å². The second-order valence-corrected chi connectivity index (χ2v) is 16.4. The third-order valence-corrected chi connectivity index (χ3v) is 12.2. The lowest BCUT2D eigenvalue weighted by Gasteiger charge is -2.38. The molecule has 0 aromatic carbocycles. The van der Waals surface area contributed by atoms with Crippen molar-refractivity contribution in [3.8, 4) is 0 Å². The Morgan fingerprint density at radius 1 is 0.532 bits per heavy atom. The van der Waals surface area contributed by atoms with Crippen molar-refractivity contribution in [2.45, 2.75) is 212 Å². The second-order valence-electron chi connectivity index (χ2n) is 16.4. The number of hydrogen-bond donors (Lipinski definition) is 1. The van der Waals surface area contributed by atoms with Gasteiger partial charge in [-0.25, -0.2) is 0 Å². The zero-order valence-corrected chi connectivity index (χ0v) is 31.8. The Bertz CT molecular complexity index is 748. The first-order valence-electron chi connectivity index (χ1n) is 21.7. The Labute approximate surface area is 294 Å².